The zero-order chi connectivity index (χ0) is 25.4. The van der Waals surface area contributed by atoms with E-state index < -0.39 is 13.9 Å². The second-order valence-electron chi connectivity index (χ2n) is 11.0. The predicted octanol–water partition coefficient (Wildman–Crippen LogP) is 3.83. The van der Waals surface area contributed by atoms with Crippen molar-refractivity contribution in [1.29, 1.82) is 0 Å². The highest BCUT2D eigenvalue weighted by Gasteiger charge is 2.54. The van der Waals surface area contributed by atoms with Crippen LogP contribution >= 0.6 is 0 Å². The topological polar surface area (TPSA) is 103 Å². The average Bonchev–Trinajstić information content (AvgIpc) is 3.43. The van der Waals surface area contributed by atoms with E-state index in [9.17, 15) is 14.0 Å². The van der Waals surface area contributed by atoms with Crippen LogP contribution in [0.5, 0.6) is 0 Å². The molecule has 2 aliphatic rings. The summed E-state index contributed by atoms with van der Waals surface area (Å²) in [6, 6.07) is 4.36. The fraction of sp³-hybridized carbons (Fsp3) is 0.600. The Morgan fingerprint density at radius 1 is 1.29 bits per heavy atom. The van der Waals surface area contributed by atoms with Gasteiger partial charge in [0.25, 0.3) is 5.91 Å². The van der Waals surface area contributed by atoms with Crippen molar-refractivity contribution in [2.45, 2.75) is 77.0 Å². The highest BCUT2D eigenvalue weighted by molar-refractivity contribution is 6.76. The largest absolute Gasteiger partial charge is 0.369 e. The minimum absolute atomic E-state index is 0.130. The van der Waals surface area contributed by atoms with Crippen LogP contribution in [0.4, 0.5) is 4.39 Å². The predicted molar refractivity (Wildman–Crippen MR) is 134 cm³/mol. The zero-order valence-corrected chi connectivity index (χ0v) is 22.1. The summed E-state index contributed by atoms with van der Waals surface area (Å²) >= 11 is 0. The Morgan fingerprint density at radius 3 is 2.66 bits per heavy atom. The van der Waals surface area contributed by atoms with E-state index in [4.69, 9.17) is 10.5 Å². The second kappa shape index (κ2) is 9.81. The molecule has 10 heteroatoms. The number of nitrogens with two attached hydrogens (primary N) is 1. The van der Waals surface area contributed by atoms with Crippen molar-refractivity contribution in [3.63, 3.8) is 0 Å². The van der Waals surface area contributed by atoms with E-state index in [2.05, 4.69) is 29.7 Å². The Morgan fingerprint density at radius 2 is 2.03 bits per heavy atom. The lowest BCUT2D eigenvalue weighted by Gasteiger charge is -2.38. The van der Waals surface area contributed by atoms with Crippen LogP contribution < -0.4 is 5.73 Å². The quantitative estimate of drug-likeness (QED) is 0.415. The molecular formula is C25H36FN5O3Si. The third-order valence-corrected chi connectivity index (χ3v) is 8.84. The fourth-order valence-corrected chi connectivity index (χ4v) is 5.50. The number of piperidine rings is 1. The lowest BCUT2D eigenvalue weighted by atomic mass is 9.88. The van der Waals surface area contributed by atoms with Crippen LogP contribution in [0.25, 0.3) is 11.3 Å². The molecule has 1 saturated heterocycles. The molecule has 1 atom stereocenters. The smallest absolute Gasteiger partial charge is 0.274 e. The van der Waals surface area contributed by atoms with Gasteiger partial charge in [-0.1, -0.05) is 26.6 Å². The summed E-state index contributed by atoms with van der Waals surface area (Å²) in [4.78, 5) is 31.3. The van der Waals surface area contributed by atoms with Gasteiger partial charge in [0.1, 0.15) is 6.73 Å². The lowest BCUT2D eigenvalue weighted by molar-refractivity contribution is -0.124. The van der Waals surface area contributed by atoms with Gasteiger partial charge in [0.15, 0.2) is 11.5 Å². The Hall–Kier alpha value is -2.59. The molecule has 0 aromatic carbocycles. The number of carbonyl (C=O) groups is 2. The van der Waals surface area contributed by atoms with Gasteiger partial charge in [0, 0.05) is 43.9 Å². The van der Waals surface area contributed by atoms with Crippen molar-refractivity contribution in [3.05, 3.63) is 35.5 Å². The van der Waals surface area contributed by atoms with E-state index in [1.807, 2.05) is 11.8 Å². The lowest BCUT2D eigenvalue weighted by Crippen LogP contribution is -2.50. The molecular weight excluding hydrogens is 465 g/mol. The first-order valence-corrected chi connectivity index (χ1v) is 16.2. The van der Waals surface area contributed by atoms with E-state index in [0.717, 1.165) is 24.6 Å². The first-order chi connectivity index (χ1) is 16.5. The number of halogens is 1. The zero-order valence-electron chi connectivity index (χ0n) is 21.1. The summed E-state index contributed by atoms with van der Waals surface area (Å²) in [5.41, 5.74) is 7.09. The van der Waals surface area contributed by atoms with E-state index in [1.165, 1.54) is 6.20 Å². The Kier molecular flexibility index (Phi) is 7.15. The van der Waals surface area contributed by atoms with E-state index in [0.29, 0.717) is 43.7 Å². The molecule has 1 saturated carbocycles. The van der Waals surface area contributed by atoms with Crippen molar-refractivity contribution < 1.29 is 18.7 Å². The SMILES string of the molecule is CCc1cc(-c2cc(C(=O)N3CCC(C(N)=O)CC34CC4)nn2COCC[Si](C)(C)C)c(F)cn1. The number of hydrogen-bond donors (Lipinski definition) is 1. The van der Waals surface area contributed by atoms with Crippen LogP contribution in [0.1, 0.15) is 48.8 Å². The summed E-state index contributed by atoms with van der Waals surface area (Å²) in [6.45, 7) is 9.97. The van der Waals surface area contributed by atoms with Gasteiger partial charge in [-0.15, -0.1) is 0 Å². The molecule has 4 rings (SSSR count). The molecule has 2 aromatic heterocycles. The van der Waals surface area contributed by atoms with Gasteiger partial charge in [0.2, 0.25) is 5.91 Å². The van der Waals surface area contributed by atoms with Crippen LogP contribution in [0.3, 0.4) is 0 Å². The van der Waals surface area contributed by atoms with E-state index in [-0.39, 0.29) is 35.7 Å². The molecule has 190 valence electrons. The summed E-state index contributed by atoms with van der Waals surface area (Å²) in [6.07, 6.45) is 4.74. The van der Waals surface area contributed by atoms with Gasteiger partial charge < -0.3 is 15.4 Å². The number of pyridine rings is 1. The summed E-state index contributed by atoms with van der Waals surface area (Å²) in [7, 11) is -1.27. The second-order valence-corrected chi connectivity index (χ2v) is 16.7. The van der Waals surface area contributed by atoms with Crippen molar-refractivity contribution in [2.24, 2.45) is 11.7 Å². The number of aryl methyl sites for hydroxylation is 1. The van der Waals surface area contributed by atoms with Gasteiger partial charge in [-0.25, -0.2) is 9.07 Å². The van der Waals surface area contributed by atoms with Crippen LogP contribution in [-0.4, -0.2) is 58.2 Å². The van der Waals surface area contributed by atoms with Gasteiger partial charge in [-0.2, -0.15) is 5.10 Å². The normalized spacial score (nSPS) is 19.2. The molecule has 2 fully saturated rings. The van der Waals surface area contributed by atoms with E-state index >= 15 is 0 Å². The Balaban J connectivity index is 1.62. The third-order valence-electron chi connectivity index (χ3n) is 7.13. The molecule has 8 nitrogen and oxygen atoms in total. The number of primary amides is 1. The molecule has 2 amide bonds. The average molecular weight is 502 g/mol. The highest BCUT2D eigenvalue weighted by atomic mass is 28.3. The van der Waals surface area contributed by atoms with Crippen molar-refractivity contribution in [1.82, 2.24) is 19.7 Å². The minimum atomic E-state index is -1.27. The first kappa shape index (κ1) is 25.5. The summed E-state index contributed by atoms with van der Waals surface area (Å²) in [5, 5.41) is 4.57. The maximum Gasteiger partial charge on any atom is 0.274 e. The molecule has 1 aliphatic carbocycles. The molecule has 1 unspecified atom stereocenters. The number of nitrogens with zero attached hydrogens (tertiary/aromatic N) is 4. The monoisotopic (exact) mass is 501 g/mol. The molecule has 35 heavy (non-hydrogen) atoms. The maximum atomic E-state index is 14.9. The molecule has 2 N–H and O–H groups in total. The Labute approximate surface area is 207 Å². The van der Waals surface area contributed by atoms with Gasteiger partial charge >= 0.3 is 0 Å². The Bertz CT molecular complexity index is 1110. The molecule has 3 heterocycles. The van der Waals surface area contributed by atoms with Crippen molar-refractivity contribution in [3.8, 4) is 11.3 Å². The van der Waals surface area contributed by atoms with Crippen LogP contribution in [0, 0.1) is 11.7 Å². The first-order valence-electron chi connectivity index (χ1n) is 12.4. The van der Waals surface area contributed by atoms with Crippen molar-refractivity contribution in [2.75, 3.05) is 13.2 Å². The minimum Gasteiger partial charge on any atom is -0.369 e. The maximum absolute atomic E-state index is 14.9. The van der Waals surface area contributed by atoms with Gasteiger partial charge in [0.05, 0.1) is 11.9 Å². The number of ether oxygens (including phenoxy) is 1. The van der Waals surface area contributed by atoms with Gasteiger partial charge in [-0.05, 0) is 50.3 Å². The van der Waals surface area contributed by atoms with Crippen LogP contribution in [-0.2, 0) is 22.7 Å². The number of amides is 2. The van der Waals surface area contributed by atoms with Crippen molar-refractivity contribution >= 4 is 19.9 Å². The molecule has 0 bridgehead atoms. The number of hydrogen-bond acceptors (Lipinski definition) is 5. The highest BCUT2D eigenvalue weighted by Crippen LogP contribution is 2.50. The van der Waals surface area contributed by atoms with Gasteiger partial charge in [-0.3, -0.25) is 14.6 Å². The molecule has 1 spiro atoms. The number of rotatable bonds is 9. The van der Waals surface area contributed by atoms with E-state index in [1.54, 1.807) is 16.8 Å². The number of aromatic nitrogens is 3. The number of carbonyl (C=O) groups excluding carboxylic acids is 2. The molecule has 0 radical (unpaired) electrons. The molecule has 1 aliphatic heterocycles. The third kappa shape index (κ3) is 5.64. The standard InChI is InChI=1S/C25H36FN5O3Si/c1-5-18-12-19(20(26)15-28-18)22-13-21(29-31(22)16-34-10-11-35(2,3)4)24(33)30-9-6-17(23(27)32)14-25(30)7-8-25/h12-13,15,17H,5-11,14,16H2,1-4H3,(H2,27,32). The van der Waals surface area contributed by atoms with Crippen LogP contribution in [0.2, 0.25) is 25.7 Å². The fourth-order valence-electron chi connectivity index (χ4n) is 4.75. The summed E-state index contributed by atoms with van der Waals surface area (Å²) in [5.74, 6) is -1.17. The number of likely N-dealkylation sites (tertiary alicyclic amines) is 1. The van der Waals surface area contributed by atoms with Crippen LogP contribution in [0.15, 0.2) is 18.3 Å². The summed E-state index contributed by atoms with van der Waals surface area (Å²) < 4.78 is 22.3. The molecule has 2 aromatic rings.